The lowest BCUT2D eigenvalue weighted by Crippen LogP contribution is -2.53. The molecule has 6 atom stereocenters. The van der Waals surface area contributed by atoms with Crippen LogP contribution in [0.15, 0.2) is 82.8 Å². The summed E-state index contributed by atoms with van der Waals surface area (Å²) in [7, 11) is 0. The van der Waals surface area contributed by atoms with Crippen molar-refractivity contribution in [3.05, 3.63) is 100 Å². The summed E-state index contributed by atoms with van der Waals surface area (Å²) < 4.78 is 6.20. The molecule has 2 aromatic carbocycles. The number of rotatable bonds is 4. The summed E-state index contributed by atoms with van der Waals surface area (Å²) in [4.78, 5) is 60.0. The molecule has 4 aliphatic rings. The monoisotopic (exact) mass is 612 g/mol. The number of nitrogens with zero attached hydrogens (tertiary/aromatic N) is 2. The molecule has 3 heterocycles. The van der Waals surface area contributed by atoms with E-state index < -0.39 is 46.5 Å². The molecular weight excluding hydrogens is 580 g/mol. The second-order valence-electron chi connectivity index (χ2n) is 13.2. The average molecular weight is 613 g/mol. The number of halogens is 1. The number of hydrogen-bond donors (Lipinski definition) is 1. The first-order valence-corrected chi connectivity index (χ1v) is 15.3. The van der Waals surface area contributed by atoms with Crippen LogP contribution in [0.4, 0.5) is 5.69 Å². The topological polar surface area (TPSA) is 108 Å². The molecule has 0 radical (unpaired) electrons. The van der Waals surface area contributed by atoms with E-state index >= 15 is 4.79 Å². The highest BCUT2D eigenvalue weighted by atomic mass is 35.5. The summed E-state index contributed by atoms with van der Waals surface area (Å²) in [5.41, 5.74) is -0.266. The Balaban J connectivity index is 1.48. The number of likely N-dealkylation sites (tertiary alicyclic amines) is 1. The third kappa shape index (κ3) is 3.86. The highest BCUT2D eigenvalue weighted by Crippen LogP contribution is 2.64. The number of amides is 4. The molecule has 3 aromatic rings. The van der Waals surface area contributed by atoms with Crippen molar-refractivity contribution in [2.45, 2.75) is 57.1 Å². The van der Waals surface area contributed by atoms with Crippen LogP contribution in [0.3, 0.4) is 0 Å². The number of benzene rings is 2. The van der Waals surface area contributed by atoms with Crippen molar-refractivity contribution in [3.8, 4) is 0 Å². The molecule has 2 aliphatic carbocycles. The standard InChI is InChI=1S/C35H33ClN2O6/c1-34(2,3)38-30(40)24-14-13-23-25(28(24)32(38)42)17-26-31(41)37(21-11-7-10-20(36)16-21)33(43)35(26,19-8-5-4-6-9-19)29(23)27-15-12-22(18-39)44-27/h4-13,15-16,24-26,28-29,39H,14,17-18H2,1-3H3. The predicted molar refractivity (Wildman–Crippen MR) is 162 cm³/mol. The van der Waals surface area contributed by atoms with Gasteiger partial charge in [0, 0.05) is 10.6 Å². The van der Waals surface area contributed by atoms with E-state index in [1.807, 2.05) is 57.2 Å². The largest absolute Gasteiger partial charge is 0.463 e. The minimum atomic E-state index is -1.41. The molecule has 2 aliphatic heterocycles. The minimum Gasteiger partial charge on any atom is -0.463 e. The molecule has 44 heavy (non-hydrogen) atoms. The molecule has 4 amide bonds. The SMILES string of the molecule is CC(C)(C)N1C(=O)C2CC=C3C(CC4C(=O)N(c5cccc(Cl)c5)C(=O)C4(c4ccccc4)C3c3ccc(CO)o3)C2C1=O. The van der Waals surface area contributed by atoms with E-state index in [9.17, 15) is 19.5 Å². The number of furan rings is 1. The van der Waals surface area contributed by atoms with Crippen LogP contribution in [-0.4, -0.2) is 39.2 Å². The van der Waals surface area contributed by atoms with Crippen molar-refractivity contribution < 1.29 is 28.7 Å². The Labute approximate surface area is 260 Å². The molecule has 8 nitrogen and oxygen atoms in total. The van der Waals surface area contributed by atoms with Crippen molar-refractivity contribution in [1.29, 1.82) is 0 Å². The van der Waals surface area contributed by atoms with Crippen molar-refractivity contribution in [2.75, 3.05) is 4.90 Å². The maximum absolute atomic E-state index is 15.1. The number of anilines is 1. The van der Waals surface area contributed by atoms with Gasteiger partial charge in [-0.1, -0.05) is 59.6 Å². The maximum Gasteiger partial charge on any atom is 0.246 e. The molecule has 1 saturated carbocycles. The van der Waals surface area contributed by atoms with Crippen LogP contribution in [0.25, 0.3) is 0 Å². The van der Waals surface area contributed by atoms with Gasteiger partial charge in [0.2, 0.25) is 23.6 Å². The van der Waals surface area contributed by atoms with Crippen LogP contribution < -0.4 is 4.90 Å². The van der Waals surface area contributed by atoms with Crippen LogP contribution in [0.1, 0.15) is 56.6 Å². The number of aliphatic hydroxyl groups excluding tert-OH is 1. The summed E-state index contributed by atoms with van der Waals surface area (Å²) in [6.45, 7) is 5.20. The number of aliphatic hydroxyl groups is 1. The van der Waals surface area contributed by atoms with E-state index in [0.717, 1.165) is 5.57 Å². The number of allylic oxidation sites excluding steroid dienone is 2. The molecular formula is C35H33ClN2O6. The Kier molecular flexibility index (Phi) is 6.54. The van der Waals surface area contributed by atoms with Crippen molar-refractivity contribution in [3.63, 3.8) is 0 Å². The third-order valence-electron chi connectivity index (χ3n) is 9.96. The summed E-state index contributed by atoms with van der Waals surface area (Å²) in [5.74, 6) is -3.77. The lowest BCUT2D eigenvalue weighted by Gasteiger charge is -2.49. The normalized spacial score (nSPS) is 29.9. The van der Waals surface area contributed by atoms with Crippen molar-refractivity contribution in [2.24, 2.45) is 23.7 Å². The first-order chi connectivity index (χ1) is 21.0. The molecule has 1 N–H and O–H groups in total. The molecule has 0 spiro atoms. The first-order valence-electron chi connectivity index (χ1n) is 15.0. The molecule has 1 aromatic heterocycles. The molecule has 226 valence electrons. The van der Waals surface area contributed by atoms with E-state index in [0.29, 0.717) is 34.2 Å². The first kappa shape index (κ1) is 28.7. The van der Waals surface area contributed by atoms with Gasteiger partial charge in [0.25, 0.3) is 0 Å². The van der Waals surface area contributed by atoms with Gasteiger partial charge >= 0.3 is 0 Å². The van der Waals surface area contributed by atoms with Crippen LogP contribution in [0, 0.1) is 23.7 Å². The number of carbonyl (C=O) groups is 4. The van der Waals surface area contributed by atoms with Crippen molar-refractivity contribution >= 4 is 40.9 Å². The van der Waals surface area contributed by atoms with Gasteiger partial charge in [-0.15, -0.1) is 0 Å². The number of imide groups is 2. The van der Waals surface area contributed by atoms with Gasteiger partial charge in [-0.2, -0.15) is 0 Å². The Morgan fingerprint density at radius 1 is 0.932 bits per heavy atom. The van der Waals surface area contributed by atoms with Crippen molar-refractivity contribution in [1.82, 2.24) is 4.90 Å². The minimum absolute atomic E-state index is 0.200. The Bertz CT molecular complexity index is 1740. The second kappa shape index (κ2) is 10.0. The fourth-order valence-electron chi connectivity index (χ4n) is 8.35. The van der Waals surface area contributed by atoms with Crippen LogP contribution in [0.2, 0.25) is 5.02 Å². The molecule has 0 bridgehead atoms. The van der Waals surface area contributed by atoms with Gasteiger partial charge in [0.1, 0.15) is 23.5 Å². The summed E-state index contributed by atoms with van der Waals surface area (Å²) in [5, 5.41) is 10.3. The van der Waals surface area contributed by atoms with Gasteiger partial charge in [-0.3, -0.25) is 24.1 Å². The third-order valence-corrected chi connectivity index (χ3v) is 10.2. The lowest BCUT2D eigenvalue weighted by atomic mass is 9.50. The van der Waals surface area contributed by atoms with Gasteiger partial charge < -0.3 is 9.52 Å². The zero-order valence-corrected chi connectivity index (χ0v) is 25.5. The van der Waals surface area contributed by atoms with Gasteiger partial charge in [0.15, 0.2) is 0 Å². The predicted octanol–water partition coefficient (Wildman–Crippen LogP) is 5.39. The molecule has 9 heteroatoms. The Morgan fingerprint density at radius 2 is 1.68 bits per heavy atom. The maximum atomic E-state index is 15.1. The summed E-state index contributed by atoms with van der Waals surface area (Å²) >= 11 is 6.34. The van der Waals surface area contributed by atoms with E-state index in [4.69, 9.17) is 16.0 Å². The van der Waals surface area contributed by atoms with Gasteiger partial charge in [-0.05, 0) is 75.4 Å². The zero-order valence-electron chi connectivity index (χ0n) is 24.7. The smallest absolute Gasteiger partial charge is 0.246 e. The van der Waals surface area contributed by atoms with E-state index in [-0.39, 0.29) is 30.7 Å². The summed E-state index contributed by atoms with van der Waals surface area (Å²) in [6.07, 6.45) is 2.55. The van der Waals surface area contributed by atoms with Gasteiger partial charge in [0.05, 0.1) is 29.4 Å². The number of carbonyl (C=O) groups excluding carboxylic acids is 4. The molecule has 7 rings (SSSR count). The number of hydrogen-bond acceptors (Lipinski definition) is 6. The van der Waals surface area contributed by atoms with E-state index in [2.05, 4.69) is 0 Å². The van der Waals surface area contributed by atoms with Gasteiger partial charge in [-0.25, -0.2) is 4.90 Å². The lowest BCUT2D eigenvalue weighted by molar-refractivity contribution is -0.145. The molecule has 6 unspecified atom stereocenters. The quantitative estimate of drug-likeness (QED) is 0.313. The summed E-state index contributed by atoms with van der Waals surface area (Å²) in [6, 6.07) is 19.3. The average Bonchev–Trinajstić information content (AvgIpc) is 3.64. The Morgan fingerprint density at radius 3 is 2.34 bits per heavy atom. The molecule has 3 fully saturated rings. The van der Waals surface area contributed by atoms with Crippen LogP contribution in [0.5, 0.6) is 0 Å². The Hall–Kier alpha value is -4.01. The highest BCUT2D eigenvalue weighted by Gasteiger charge is 2.71. The van der Waals surface area contributed by atoms with E-state index in [1.54, 1.807) is 36.4 Å². The fourth-order valence-corrected chi connectivity index (χ4v) is 8.53. The fraction of sp³-hybridized carbons (Fsp3) is 0.371. The van der Waals surface area contributed by atoms with E-state index in [1.165, 1.54) is 9.80 Å². The zero-order chi connectivity index (χ0) is 31.1. The van der Waals surface area contributed by atoms with Crippen LogP contribution >= 0.6 is 11.6 Å². The van der Waals surface area contributed by atoms with Crippen LogP contribution in [-0.2, 0) is 31.2 Å². The number of fused-ring (bicyclic) bond motifs is 4. The second-order valence-corrected chi connectivity index (χ2v) is 13.7. The molecule has 2 saturated heterocycles. The highest BCUT2D eigenvalue weighted by molar-refractivity contribution is 6.32.